The molecule has 0 aromatic carbocycles. The van der Waals surface area contributed by atoms with E-state index >= 15 is 0 Å². The average molecular weight is 368 g/mol. The maximum absolute atomic E-state index is 12.3. The minimum Gasteiger partial charge on any atom is -0.477 e. The van der Waals surface area contributed by atoms with Crippen molar-refractivity contribution in [3.63, 3.8) is 0 Å². The van der Waals surface area contributed by atoms with Gasteiger partial charge in [0.25, 0.3) is 0 Å². The van der Waals surface area contributed by atoms with Crippen LogP contribution in [0.2, 0.25) is 5.15 Å². The number of carbonyl (C=O) groups is 1. The molecule has 3 rings (SSSR count). The van der Waals surface area contributed by atoms with Crippen molar-refractivity contribution in [2.75, 3.05) is 19.7 Å². The summed E-state index contributed by atoms with van der Waals surface area (Å²) in [4.78, 5) is 22.3. The maximum Gasteiger partial charge on any atom is 0.410 e. The molecule has 1 amide bonds. The lowest BCUT2D eigenvalue weighted by Gasteiger charge is -2.38. The molecule has 1 aromatic heterocycles. The summed E-state index contributed by atoms with van der Waals surface area (Å²) in [6.07, 6.45) is 3.47. The van der Waals surface area contributed by atoms with E-state index in [1.165, 1.54) is 6.33 Å². The SMILES string of the molecule is Cc1c(Cl)ncnc1OCC1C2CCC1CN(C(=O)OC(C)(C)C)C2. The van der Waals surface area contributed by atoms with Gasteiger partial charge in [-0.2, -0.15) is 0 Å². The first-order valence-electron chi connectivity index (χ1n) is 8.82. The second-order valence-electron chi connectivity index (χ2n) is 8.05. The Morgan fingerprint density at radius 2 is 1.92 bits per heavy atom. The van der Waals surface area contributed by atoms with Crippen LogP contribution >= 0.6 is 11.6 Å². The molecule has 2 atom stereocenters. The monoisotopic (exact) mass is 367 g/mol. The Kier molecular flexibility index (Phi) is 5.09. The normalized spacial score (nSPS) is 25.8. The first-order chi connectivity index (χ1) is 11.7. The summed E-state index contributed by atoms with van der Waals surface area (Å²) >= 11 is 6.02. The molecule has 138 valence electrons. The fourth-order valence-electron chi connectivity index (χ4n) is 3.82. The van der Waals surface area contributed by atoms with Crippen LogP contribution < -0.4 is 4.74 Å². The van der Waals surface area contributed by atoms with E-state index in [2.05, 4.69) is 9.97 Å². The standard InChI is InChI=1S/C18H26ClN3O3/c1-11-15(19)20-10-21-16(11)24-9-14-12-5-6-13(14)8-22(7-12)17(23)25-18(2,3)4/h10,12-14H,5-9H2,1-4H3. The molecule has 1 aliphatic heterocycles. The topological polar surface area (TPSA) is 64.6 Å². The van der Waals surface area contributed by atoms with Crippen molar-refractivity contribution in [3.05, 3.63) is 17.0 Å². The fourth-order valence-corrected chi connectivity index (χ4v) is 3.94. The largest absolute Gasteiger partial charge is 0.477 e. The van der Waals surface area contributed by atoms with Crippen LogP contribution in [0.25, 0.3) is 0 Å². The molecule has 2 bridgehead atoms. The van der Waals surface area contributed by atoms with Crippen LogP contribution in [0.5, 0.6) is 5.88 Å². The number of rotatable bonds is 3. The number of nitrogens with zero attached hydrogens (tertiary/aromatic N) is 3. The molecule has 1 aliphatic carbocycles. The van der Waals surface area contributed by atoms with Crippen LogP contribution in [-0.2, 0) is 4.74 Å². The quantitative estimate of drug-likeness (QED) is 0.762. The van der Waals surface area contributed by atoms with E-state index in [-0.39, 0.29) is 6.09 Å². The van der Waals surface area contributed by atoms with Crippen molar-refractivity contribution in [2.45, 2.75) is 46.1 Å². The molecule has 1 saturated carbocycles. The van der Waals surface area contributed by atoms with E-state index < -0.39 is 5.60 Å². The number of amides is 1. The highest BCUT2D eigenvalue weighted by Crippen LogP contribution is 2.42. The van der Waals surface area contributed by atoms with E-state index in [1.807, 2.05) is 32.6 Å². The number of fused-ring (bicyclic) bond motifs is 2. The average Bonchev–Trinajstić information content (AvgIpc) is 2.75. The molecule has 0 spiro atoms. The lowest BCUT2D eigenvalue weighted by atomic mass is 9.86. The summed E-state index contributed by atoms with van der Waals surface area (Å²) in [5.74, 6) is 1.88. The number of hydrogen-bond acceptors (Lipinski definition) is 5. The van der Waals surface area contributed by atoms with Gasteiger partial charge in [0.05, 0.1) is 6.61 Å². The molecule has 1 saturated heterocycles. The van der Waals surface area contributed by atoms with Gasteiger partial charge in [-0.1, -0.05) is 11.6 Å². The van der Waals surface area contributed by atoms with Gasteiger partial charge < -0.3 is 14.4 Å². The molecular weight excluding hydrogens is 342 g/mol. The molecule has 2 fully saturated rings. The summed E-state index contributed by atoms with van der Waals surface area (Å²) in [7, 11) is 0. The van der Waals surface area contributed by atoms with Gasteiger partial charge in [-0.3, -0.25) is 0 Å². The van der Waals surface area contributed by atoms with Gasteiger partial charge in [-0.25, -0.2) is 14.8 Å². The van der Waals surface area contributed by atoms with E-state index in [0.717, 1.165) is 31.5 Å². The van der Waals surface area contributed by atoms with E-state index in [0.29, 0.717) is 35.4 Å². The van der Waals surface area contributed by atoms with Crippen LogP contribution in [0.15, 0.2) is 6.33 Å². The Bertz CT molecular complexity index is 633. The van der Waals surface area contributed by atoms with Gasteiger partial charge in [-0.15, -0.1) is 0 Å². The van der Waals surface area contributed by atoms with Gasteiger partial charge in [-0.05, 0) is 52.4 Å². The molecule has 0 N–H and O–H groups in total. The third-order valence-corrected chi connectivity index (χ3v) is 5.45. The zero-order valence-electron chi connectivity index (χ0n) is 15.3. The second-order valence-corrected chi connectivity index (χ2v) is 8.41. The zero-order chi connectivity index (χ0) is 18.2. The van der Waals surface area contributed by atoms with Crippen molar-refractivity contribution in [3.8, 4) is 5.88 Å². The van der Waals surface area contributed by atoms with Crippen LogP contribution in [0.4, 0.5) is 4.79 Å². The Balaban J connectivity index is 1.59. The molecule has 2 unspecified atom stereocenters. The number of carbonyl (C=O) groups excluding carboxylic acids is 1. The Hall–Kier alpha value is -1.56. The summed E-state index contributed by atoms with van der Waals surface area (Å²) < 4.78 is 11.5. The third kappa shape index (κ3) is 4.17. The van der Waals surface area contributed by atoms with Crippen LogP contribution in [0.3, 0.4) is 0 Å². The maximum atomic E-state index is 12.3. The number of ether oxygens (including phenoxy) is 2. The highest BCUT2D eigenvalue weighted by Gasteiger charge is 2.44. The molecular formula is C18H26ClN3O3. The minimum absolute atomic E-state index is 0.206. The fraction of sp³-hybridized carbons (Fsp3) is 0.722. The number of aromatic nitrogens is 2. The molecule has 0 radical (unpaired) electrons. The van der Waals surface area contributed by atoms with Crippen molar-refractivity contribution >= 4 is 17.7 Å². The highest BCUT2D eigenvalue weighted by atomic mass is 35.5. The number of piperidine rings is 1. The summed E-state index contributed by atoms with van der Waals surface area (Å²) in [5.41, 5.74) is 0.308. The van der Waals surface area contributed by atoms with E-state index in [4.69, 9.17) is 21.1 Å². The van der Waals surface area contributed by atoms with Gasteiger partial charge in [0.2, 0.25) is 5.88 Å². The number of likely N-dealkylation sites (tertiary alicyclic amines) is 1. The summed E-state index contributed by atoms with van der Waals surface area (Å²) in [6.45, 7) is 9.63. The second kappa shape index (κ2) is 6.98. The van der Waals surface area contributed by atoms with Crippen LogP contribution in [-0.4, -0.2) is 46.3 Å². The van der Waals surface area contributed by atoms with Crippen molar-refractivity contribution in [1.29, 1.82) is 0 Å². The summed E-state index contributed by atoms with van der Waals surface area (Å²) in [5, 5.41) is 0.424. The zero-order valence-corrected chi connectivity index (χ0v) is 16.0. The lowest BCUT2D eigenvalue weighted by molar-refractivity contribution is 0.00314. The molecule has 2 aliphatic rings. The van der Waals surface area contributed by atoms with Gasteiger partial charge in [0.1, 0.15) is 17.1 Å². The van der Waals surface area contributed by atoms with Crippen molar-refractivity contribution < 1.29 is 14.3 Å². The van der Waals surface area contributed by atoms with Gasteiger partial charge in [0.15, 0.2) is 0 Å². The minimum atomic E-state index is -0.458. The predicted octanol–water partition coefficient (Wildman–Crippen LogP) is 3.71. The van der Waals surface area contributed by atoms with E-state index in [1.54, 1.807) is 0 Å². The van der Waals surface area contributed by atoms with Crippen molar-refractivity contribution in [1.82, 2.24) is 14.9 Å². The third-order valence-electron chi connectivity index (χ3n) is 5.07. The predicted molar refractivity (Wildman–Crippen MR) is 94.8 cm³/mol. The molecule has 2 heterocycles. The smallest absolute Gasteiger partial charge is 0.410 e. The summed E-state index contributed by atoms with van der Waals surface area (Å²) in [6, 6.07) is 0. The Labute approximate surface area is 153 Å². The molecule has 6 nitrogen and oxygen atoms in total. The van der Waals surface area contributed by atoms with Crippen LogP contribution in [0.1, 0.15) is 39.2 Å². The van der Waals surface area contributed by atoms with Gasteiger partial charge >= 0.3 is 6.09 Å². The van der Waals surface area contributed by atoms with Crippen LogP contribution in [0, 0.1) is 24.7 Å². The highest BCUT2D eigenvalue weighted by molar-refractivity contribution is 6.30. The van der Waals surface area contributed by atoms with E-state index in [9.17, 15) is 4.79 Å². The molecule has 25 heavy (non-hydrogen) atoms. The molecule has 1 aromatic rings. The number of halogens is 1. The lowest BCUT2D eigenvalue weighted by Crippen LogP contribution is -2.48. The first kappa shape index (κ1) is 18.2. The Morgan fingerprint density at radius 1 is 1.28 bits per heavy atom. The van der Waals surface area contributed by atoms with Gasteiger partial charge in [0, 0.05) is 24.6 Å². The first-order valence-corrected chi connectivity index (χ1v) is 9.20. The molecule has 7 heteroatoms. The van der Waals surface area contributed by atoms with Crippen molar-refractivity contribution in [2.24, 2.45) is 17.8 Å². The number of hydrogen-bond donors (Lipinski definition) is 0. The Morgan fingerprint density at radius 3 is 2.52 bits per heavy atom.